The summed E-state index contributed by atoms with van der Waals surface area (Å²) in [7, 11) is 0. The molecule has 2 rings (SSSR count). The van der Waals surface area contributed by atoms with E-state index >= 15 is 0 Å². The molecule has 1 amide bonds. The van der Waals surface area contributed by atoms with E-state index < -0.39 is 0 Å². The number of benzene rings is 1. The van der Waals surface area contributed by atoms with Crippen molar-refractivity contribution in [2.45, 2.75) is 40.2 Å². The van der Waals surface area contributed by atoms with Crippen molar-refractivity contribution in [1.29, 1.82) is 0 Å². The maximum Gasteiger partial charge on any atom is 0.223 e. The second-order valence-electron chi connectivity index (χ2n) is 5.41. The average molecular weight is 231 g/mol. The lowest BCUT2D eigenvalue weighted by Gasteiger charge is -2.17. The minimum absolute atomic E-state index is 0.107. The number of rotatable bonds is 3. The van der Waals surface area contributed by atoms with E-state index in [0.29, 0.717) is 5.92 Å². The fourth-order valence-electron chi connectivity index (χ4n) is 2.40. The minimum Gasteiger partial charge on any atom is -0.349 e. The Labute approximate surface area is 103 Å². The lowest BCUT2D eigenvalue weighted by Crippen LogP contribution is -2.28. The molecule has 1 N–H and O–H groups in total. The molecule has 1 aromatic carbocycles. The van der Waals surface area contributed by atoms with Gasteiger partial charge in [-0.1, -0.05) is 30.7 Å². The Hall–Kier alpha value is -1.31. The van der Waals surface area contributed by atoms with E-state index in [2.05, 4.69) is 51.2 Å². The standard InChI is InChI=1S/C15H21NO/c1-9-5-6-13(10(2)7-9)12(4)16-15(17)14-8-11(14)3/h5-7,11-12,14H,8H2,1-4H3,(H,16,17)/t11-,12+,14+/m1/s1. The highest BCUT2D eigenvalue weighted by Gasteiger charge is 2.39. The van der Waals surface area contributed by atoms with Crippen molar-refractivity contribution in [2.75, 3.05) is 0 Å². The number of hydrogen-bond donors (Lipinski definition) is 1. The van der Waals surface area contributed by atoms with Crippen molar-refractivity contribution in [3.05, 3.63) is 34.9 Å². The van der Waals surface area contributed by atoms with Gasteiger partial charge >= 0.3 is 0 Å². The van der Waals surface area contributed by atoms with Crippen LogP contribution in [0.15, 0.2) is 18.2 Å². The van der Waals surface area contributed by atoms with Crippen molar-refractivity contribution < 1.29 is 4.79 Å². The Morgan fingerprint density at radius 1 is 1.41 bits per heavy atom. The molecule has 0 aromatic heterocycles. The third-order valence-corrected chi connectivity index (χ3v) is 3.70. The molecule has 3 atom stereocenters. The van der Waals surface area contributed by atoms with E-state index in [1.54, 1.807) is 0 Å². The molecular formula is C15H21NO. The molecule has 0 radical (unpaired) electrons. The van der Waals surface area contributed by atoms with Crippen LogP contribution >= 0.6 is 0 Å². The maximum absolute atomic E-state index is 11.9. The highest BCUT2D eigenvalue weighted by atomic mass is 16.2. The summed E-state index contributed by atoms with van der Waals surface area (Å²) >= 11 is 0. The molecule has 0 bridgehead atoms. The molecule has 0 heterocycles. The summed E-state index contributed by atoms with van der Waals surface area (Å²) in [4.78, 5) is 11.9. The number of aryl methyl sites for hydroxylation is 2. The molecule has 1 fully saturated rings. The van der Waals surface area contributed by atoms with E-state index in [1.807, 2.05) is 0 Å². The zero-order valence-corrected chi connectivity index (χ0v) is 11.1. The van der Waals surface area contributed by atoms with Crippen molar-refractivity contribution >= 4 is 5.91 Å². The van der Waals surface area contributed by atoms with Crippen LogP contribution in [0.4, 0.5) is 0 Å². The lowest BCUT2D eigenvalue weighted by atomic mass is 10.00. The van der Waals surface area contributed by atoms with Gasteiger partial charge in [0.2, 0.25) is 5.91 Å². The van der Waals surface area contributed by atoms with Crippen LogP contribution in [0.1, 0.15) is 43.0 Å². The van der Waals surface area contributed by atoms with Crippen molar-refractivity contribution in [1.82, 2.24) is 5.32 Å². The number of amides is 1. The first kappa shape index (κ1) is 12.2. The molecule has 2 heteroatoms. The van der Waals surface area contributed by atoms with Gasteiger partial charge in [-0.3, -0.25) is 4.79 Å². The summed E-state index contributed by atoms with van der Waals surface area (Å²) in [6, 6.07) is 6.49. The van der Waals surface area contributed by atoms with Crippen LogP contribution in [0.3, 0.4) is 0 Å². The van der Waals surface area contributed by atoms with Gasteiger partial charge in [-0.25, -0.2) is 0 Å². The zero-order chi connectivity index (χ0) is 12.6. The van der Waals surface area contributed by atoms with Gasteiger partial charge in [0, 0.05) is 5.92 Å². The van der Waals surface area contributed by atoms with Gasteiger partial charge in [-0.05, 0) is 44.2 Å². The molecule has 1 aromatic rings. The minimum atomic E-state index is 0.107. The number of hydrogen-bond acceptors (Lipinski definition) is 1. The summed E-state index contributed by atoms with van der Waals surface area (Å²) in [6.07, 6.45) is 1.05. The highest BCUT2D eigenvalue weighted by Crippen LogP contribution is 2.38. The van der Waals surface area contributed by atoms with Gasteiger partial charge in [-0.15, -0.1) is 0 Å². The first-order chi connectivity index (χ1) is 7.99. The van der Waals surface area contributed by atoms with Crippen molar-refractivity contribution in [2.24, 2.45) is 11.8 Å². The summed E-state index contributed by atoms with van der Waals surface area (Å²) in [6.45, 7) is 8.38. The average Bonchev–Trinajstić information content (AvgIpc) is 2.95. The van der Waals surface area contributed by atoms with Crippen LogP contribution in [0, 0.1) is 25.7 Å². The Morgan fingerprint density at radius 2 is 2.06 bits per heavy atom. The van der Waals surface area contributed by atoms with Crippen LogP contribution < -0.4 is 5.32 Å². The molecule has 0 aliphatic heterocycles. The van der Waals surface area contributed by atoms with E-state index in [0.717, 1.165) is 6.42 Å². The summed E-state index contributed by atoms with van der Waals surface area (Å²) in [5.41, 5.74) is 3.74. The van der Waals surface area contributed by atoms with Crippen molar-refractivity contribution in [3.8, 4) is 0 Å². The quantitative estimate of drug-likeness (QED) is 0.850. The van der Waals surface area contributed by atoms with Gasteiger partial charge in [0.15, 0.2) is 0 Å². The van der Waals surface area contributed by atoms with Crippen LogP contribution in [-0.4, -0.2) is 5.91 Å². The summed E-state index contributed by atoms with van der Waals surface area (Å²) < 4.78 is 0. The van der Waals surface area contributed by atoms with Gasteiger partial charge in [0.1, 0.15) is 0 Å². The highest BCUT2D eigenvalue weighted by molar-refractivity contribution is 5.81. The van der Waals surface area contributed by atoms with Crippen LogP contribution in [-0.2, 0) is 4.79 Å². The smallest absolute Gasteiger partial charge is 0.223 e. The molecule has 0 spiro atoms. The zero-order valence-electron chi connectivity index (χ0n) is 11.1. The van der Waals surface area contributed by atoms with E-state index in [4.69, 9.17) is 0 Å². The molecule has 2 nitrogen and oxygen atoms in total. The fraction of sp³-hybridized carbons (Fsp3) is 0.533. The Morgan fingerprint density at radius 3 is 2.59 bits per heavy atom. The summed E-state index contributed by atoms with van der Waals surface area (Å²) in [5, 5.41) is 3.11. The molecule has 1 saturated carbocycles. The first-order valence-corrected chi connectivity index (χ1v) is 6.36. The molecule has 0 unspecified atom stereocenters. The molecule has 92 valence electrons. The third-order valence-electron chi connectivity index (χ3n) is 3.70. The lowest BCUT2D eigenvalue weighted by molar-refractivity contribution is -0.123. The molecule has 1 aliphatic carbocycles. The van der Waals surface area contributed by atoms with Gasteiger partial charge < -0.3 is 5.32 Å². The Kier molecular flexibility index (Phi) is 3.23. The monoisotopic (exact) mass is 231 g/mol. The second kappa shape index (κ2) is 4.52. The van der Waals surface area contributed by atoms with Gasteiger partial charge in [0.05, 0.1) is 6.04 Å². The number of nitrogens with one attached hydrogen (secondary N) is 1. The second-order valence-corrected chi connectivity index (χ2v) is 5.41. The fourth-order valence-corrected chi connectivity index (χ4v) is 2.40. The SMILES string of the molecule is Cc1ccc([C@H](C)NC(=O)[C@H]2C[C@H]2C)c(C)c1. The van der Waals surface area contributed by atoms with Crippen LogP contribution in [0.25, 0.3) is 0 Å². The molecule has 1 aliphatic rings. The molecule has 17 heavy (non-hydrogen) atoms. The number of carbonyl (C=O) groups excluding carboxylic acids is 1. The predicted molar refractivity (Wildman–Crippen MR) is 69.7 cm³/mol. The Bertz CT molecular complexity index is 439. The van der Waals surface area contributed by atoms with E-state index in [-0.39, 0.29) is 17.9 Å². The van der Waals surface area contributed by atoms with E-state index in [1.165, 1.54) is 16.7 Å². The van der Waals surface area contributed by atoms with Crippen LogP contribution in [0.5, 0.6) is 0 Å². The Balaban J connectivity index is 2.04. The molecule has 0 saturated heterocycles. The topological polar surface area (TPSA) is 29.1 Å². The number of carbonyl (C=O) groups is 1. The third kappa shape index (κ3) is 2.68. The van der Waals surface area contributed by atoms with E-state index in [9.17, 15) is 4.79 Å². The maximum atomic E-state index is 11.9. The normalized spacial score (nSPS) is 24.2. The first-order valence-electron chi connectivity index (χ1n) is 6.36. The largest absolute Gasteiger partial charge is 0.349 e. The molecular weight excluding hydrogens is 210 g/mol. The van der Waals surface area contributed by atoms with Gasteiger partial charge in [-0.2, -0.15) is 0 Å². The van der Waals surface area contributed by atoms with Crippen LogP contribution in [0.2, 0.25) is 0 Å². The summed E-state index contributed by atoms with van der Waals surface area (Å²) in [5.74, 6) is 1.04. The van der Waals surface area contributed by atoms with Crippen molar-refractivity contribution in [3.63, 3.8) is 0 Å². The van der Waals surface area contributed by atoms with Gasteiger partial charge in [0.25, 0.3) is 0 Å². The predicted octanol–water partition coefficient (Wildman–Crippen LogP) is 3.14.